The van der Waals surface area contributed by atoms with Crippen molar-refractivity contribution in [2.75, 3.05) is 6.61 Å². The summed E-state index contributed by atoms with van der Waals surface area (Å²) in [5.74, 6) is 0.966. The maximum atomic E-state index is 10.6. The molecule has 0 spiro atoms. The molecular weight excluding hydrogens is 324 g/mol. The number of phenols is 1. The Labute approximate surface area is 151 Å². The lowest BCUT2D eigenvalue weighted by Crippen LogP contribution is -1.97. The van der Waals surface area contributed by atoms with Crippen LogP contribution in [0, 0.1) is 0 Å². The molecule has 4 aromatic rings. The molecule has 0 aliphatic rings. The lowest BCUT2D eigenvalue weighted by Gasteiger charge is -2.12. The molecule has 4 nitrogen and oxygen atoms in total. The average Bonchev–Trinajstić information content (AvgIpc) is 2.69. The van der Waals surface area contributed by atoms with E-state index in [9.17, 15) is 5.11 Å². The van der Waals surface area contributed by atoms with E-state index in [-0.39, 0.29) is 5.75 Å². The fourth-order valence-electron chi connectivity index (χ4n) is 2.99. The molecule has 128 valence electrons. The van der Waals surface area contributed by atoms with Crippen molar-refractivity contribution in [3.05, 3.63) is 72.8 Å². The molecule has 0 aliphatic heterocycles. The Morgan fingerprint density at radius 2 is 1.62 bits per heavy atom. The minimum Gasteiger partial charge on any atom is -0.504 e. The zero-order chi connectivity index (χ0) is 17.9. The Morgan fingerprint density at radius 3 is 2.42 bits per heavy atom. The summed E-state index contributed by atoms with van der Waals surface area (Å²) in [4.78, 5) is 9.44. The van der Waals surface area contributed by atoms with Crippen LogP contribution in [0.2, 0.25) is 0 Å². The molecule has 1 aromatic heterocycles. The summed E-state index contributed by atoms with van der Waals surface area (Å²) in [5, 5.41) is 11.6. The number of aromatic hydroxyl groups is 1. The predicted octanol–water partition coefficient (Wildman–Crippen LogP) is 5.07. The standard InChI is InChI=1S/C22H18N2O2/c1-2-26-19-14-8-12-17(21(19)25)22-23-18-13-7-6-11-16(18)20(24-22)15-9-4-3-5-10-15/h3-14,25H,2H2,1H3. The molecule has 0 unspecified atom stereocenters. The van der Waals surface area contributed by atoms with Crippen molar-refractivity contribution in [3.63, 3.8) is 0 Å². The quantitative estimate of drug-likeness (QED) is 0.563. The highest BCUT2D eigenvalue weighted by atomic mass is 16.5. The second-order valence-corrected chi connectivity index (χ2v) is 5.86. The van der Waals surface area contributed by atoms with E-state index in [0.29, 0.717) is 23.7 Å². The van der Waals surface area contributed by atoms with Crippen LogP contribution < -0.4 is 4.74 Å². The minimum atomic E-state index is 0.0589. The highest BCUT2D eigenvalue weighted by Crippen LogP contribution is 2.37. The van der Waals surface area contributed by atoms with Gasteiger partial charge in [0.05, 0.1) is 23.4 Å². The van der Waals surface area contributed by atoms with Crippen molar-refractivity contribution in [1.82, 2.24) is 9.97 Å². The lowest BCUT2D eigenvalue weighted by molar-refractivity contribution is 0.318. The maximum Gasteiger partial charge on any atom is 0.168 e. The van der Waals surface area contributed by atoms with Gasteiger partial charge in [0.25, 0.3) is 0 Å². The van der Waals surface area contributed by atoms with E-state index in [1.54, 1.807) is 12.1 Å². The SMILES string of the molecule is CCOc1cccc(-c2nc(-c3ccccc3)c3ccccc3n2)c1O. The second kappa shape index (κ2) is 6.84. The number of nitrogens with zero attached hydrogens (tertiary/aromatic N) is 2. The third-order valence-electron chi connectivity index (χ3n) is 4.19. The van der Waals surface area contributed by atoms with E-state index in [1.807, 2.05) is 67.6 Å². The van der Waals surface area contributed by atoms with Crippen molar-refractivity contribution in [1.29, 1.82) is 0 Å². The van der Waals surface area contributed by atoms with E-state index in [0.717, 1.165) is 22.2 Å². The largest absolute Gasteiger partial charge is 0.504 e. The fraction of sp³-hybridized carbons (Fsp3) is 0.0909. The maximum absolute atomic E-state index is 10.6. The van der Waals surface area contributed by atoms with Crippen LogP contribution in [0.1, 0.15) is 6.92 Å². The number of para-hydroxylation sites is 2. The number of fused-ring (bicyclic) bond motifs is 1. The molecule has 0 saturated carbocycles. The van der Waals surface area contributed by atoms with Gasteiger partial charge in [-0.2, -0.15) is 0 Å². The van der Waals surface area contributed by atoms with Gasteiger partial charge in [0.2, 0.25) is 0 Å². The lowest BCUT2D eigenvalue weighted by atomic mass is 10.1. The molecule has 3 aromatic carbocycles. The molecule has 0 saturated heterocycles. The highest BCUT2D eigenvalue weighted by Gasteiger charge is 2.16. The summed E-state index contributed by atoms with van der Waals surface area (Å²) in [6.45, 7) is 2.36. The van der Waals surface area contributed by atoms with E-state index < -0.39 is 0 Å². The monoisotopic (exact) mass is 342 g/mol. The first-order valence-electron chi connectivity index (χ1n) is 8.55. The van der Waals surface area contributed by atoms with Crippen molar-refractivity contribution in [2.45, 2.75) is 6.92 Å². The van der Waals surface area contributed by atoms with E-state index >= 15 is 0 Å². The number of phenolic OH excluding ortho intramolecular Hbond substituents is 1. The van der Waals surface area contributed by atoms with Crippen LogP contribution in [0.15, 0.2) is 72.8 Å². The number of rotatable bonds is 4. The number of aromatic nitrogens is 2. The molecule has 1 heterocycles. The Hall–Kier alpha value is -3.40. The van der Waals surface area contributed by atoms with E-state index in [2.05, 4.69) is 4.98 Å². The first-order valence-corrected chi connectivity index (χ1v) is 8.55. The summed E-state index contributed by atoms with van der Waals surface area (Å²) in [7, 11) is 0. The molecule has 0 radical (unpaired) electrons. The van der Waals surface area contributed by atoms with Gasteiger partial charge in [0.15, 0.2) is 17.3 Å². The van der Waals surface area contributed by atoms with Crippen LogP contribution in [-0.4, -0.2) is 21.7 Å². The normalized spacial score (nSPS) is 10.8. The number of hydrogen-bond acceptors (Lipinski definition) is 4. The molecule has 4 rings (SSSR count). The van der Waals surface area contributed by atoms with Crippen molar-refractivity contribution < 1.29 is 9.84 Å². The molecule has 0 fully saturated rings. The van der Waals surface area contributed by atoms with Crippen LogP contribution in [0.3, 0.4) is 0 Å². The zero-order valence-electron chi connectivity index (χ0n) is 14.4. The molecule has 0 aliphatic carbocycles. The highest BCUT2D eigenvalue weighted by molar-refractivity contribution is 5.93. The third kappa shape index (κ3) is 2.86. The molecule has 1 N–H and O–H groups in total. The second-order valence-electron chi connectivity index (χ2n) is 5.86. The molecule has 0 atom stereocenters. The third-order valence-corrected chi connectivity index (χ3v) is 4.19. The van der Waals surface area contributed by atoms with Gasteiger partial charge in [0, 0.05) is 10.9 Å². The number of ether oxygens (including phenoxy) is 1. The molecule has 0 bridgehead atoms. The Morgan fingerprint density at radius 1 is 0.846 bits per heavy atom. The summed E-state index contributed by atoms with van der Waals surface area (Å²) in [6.07, 6.45) is 0. The van der Waals surface area contributed by atoms with Crippen LogP contribution in [0.5, 0.6) is 11.5 Å². The van der Waals surface area contributed by atoms with Gasteiger partial charge < -0.3 is 9.84 Å². The van der Waals surface area contributed by atoms with Crippen molar-refractivity contribution in [2.24, 2.45) is 0 Å². The van der Waals surface area contributed by atoms with Crippen LogP contribution in [0.25, 0.3) is 33.5 Å². The van der Waals surface area contributed by atoms with Gasteiger partial charge in [-0.3, -0.25) is 0 Å². The zero-order valence-corrected chi connectivity index (χ0v) is 14.4. The van der Waals surface area contributed by atoms with Gasteiger partial charge >= 0.3 is 0 Å². The smallest absolute Gasteiger partial charge is 0.168 e. The minimum absolute atomic E-state index is 0.0589. The van der Waals surface area contributed by atoms with Gasteiger partial charge in [-0.1, -0.05) is 54.6 Å². The summed E-state index contributed by atoms with van der Waals surface area (Å²) in [6, 6.07) is 23.3. The van der Waals surface area contributed by atoms with E-state index in [1.165, 1.54) is 0 Å². The topological polar surface area (TPSA) is 55.2 Å². The summed E-state index contributed by atoms with van der Waals surface area (Å²) < 4.78 is 5.50. The Balaban J connectivity index is 1.97. The molecular formula is C22H18N2O2. The van der Waals surface area contributed by atoms with Crippen LogP contribution in [-0.2, 0) is 0 Å². The Bertz CT molecular complexity index is 1060. The first-order chi connectivity index (χ1) is 12.8. The average molecular weight is 342 g/mol. The molecule has 26 heavy (non-hydrogen) atoms. The van der Waals surface area contributed by atoms with Gasteiger partial charge in [0.1, 0.15) is 0 Å². The Kier molecular flexibility index (Phi) is 4.23. The fourth-order valence-corrected chi connectivity index (χ4v) is 2.99. The molecule has 4 heteroatoms. The van der Waals surface area contributed by atoms with Gasteiger partial charge in [-0.05, 0) is 25.1 Å². The van der Waals surface area contributed by atoms with Crippen LogP contribution >= 0.6 is 0 Å². The molecule has 0 amide bonds. The van der Waals surface area contributed by atoms with E-state index in [4.69, 9.17) is 9.72 Å². The number of benzene rings is 3. The summed E-state index contributed by atoms with van der Waals surface area (Å²) >= 11 is 0. The van der Waals surface area contributed by atoms with Crippen molar-refractivity contribution >= 4 is 10.9 Å². The van der Waals surface area contributed by atoms with Crippen molar-refractivity contribution in [3.8, 4) is 34.1 Å². The summed E-state index contributed by atoms with van der Waals surface area (Å²) in [5.41, 5.74) is 3.23. The first kappa shape index (κ1) is 16.1. The van der Waals surface area contributed by atoms with Crippen LogP contribution in [0.4, 0.5) is 0 Å². The van der Waals surface area contributed by atoms with Gasteiger partial charge in [-0.15, -0.1) is 0 Å². The number of hydrogen-bond donors (Lipinski definition) is 1. The predicted molar refractivity (Wildman–Crippen MR) is 103 cm³/mol. The van der Waals surface area contributed by atoms with Gasteiger partial charge in [-0.25, -0.2) is 9.97 Å².